The standard InChI is InChI=1S/C8H9.Ga.2H/c1-7-5-3-4-6-8(7)2;;;/h3-5H,1-2H3;;;. The van der Waals surface area contributed by atoms with Gasteiger partial charge in [-0.05, 0) is 0 Å². The van der Waals surface area contributed by atoms with E-state index in [9.17, 15) is 0 Å². The van der Waals surface area contributed by atoms with Crippen molar-refractivity contribution in [3.05, 3.63) is 29.3 Å². The average Bonchev–Trinajstić information content (AvgIpc) is 1.83. The van der Waals surface area contributed by atoms with Crippen LogP contribution in [-0.4, -0.2) is 18.6 Å². The van der Waals surface area contributed by atoms with Crippen molar-refractivity contribution in [3.63, 3.8) is 0 Å². The van der Waals surface area contributed by atoms with Crippen LogP contribution in [0.5, 0.6) is 0 Å². The van der Waals surface area contributed by atoms with E-state index in [2.05, 4.69) is 32.0 Å². The van der Waals surface area contributed by atoms with E-state index in [1.54, 1.807) is 4.12 Å². The van der Waals surface area contributed by atoms with Crippen LogP contribution in [0.25, 0.3) is 0 Å². The molecule has 0 aliphatic rings. The van der Waals surface area contributed by atoms with Gasteiger partial charge in [0.1, 0.15) is 0 Å². The van der Waals surface area contributed by atoms with Crippen molar-refractivity contribution in [2.45, 2.75) is 13.8 Å². The van der Waals surface area contributed by atoms with E-state index in [1.165, 1.54) is 11.1 Å². The van der Waals surface area contributed by atoms with Gasteiger partial charge in [0.2, 0.25) is 0 Å². The van der Waals surface area contributed by atoms with Crippen LogP contribution in [0.4, 0.5) is 0 Å². The summed E-state index contributed by atoms with van der Waals surface area (Å²) in [6.45, 7) is 4.38. The summed E-state index contributed by atoms with van der Waals surface area (Å²) in [5, 5.41) is 0. The van der Waals surface area contributed by atoms with Gasteiger partial charge in [0, 0.05) is 0 Å². The Morgan fingerprint density at radius 1 is 1.22 bits per heavy atom. The Morgan fingerprint density at radius 3 is 2.33 bits per heavy atom. The van der Waals surface area contributed by atoms with Crippen molar-refractivity contribution in [1.29, 1.82) is 0 Å². The van der Waals surface area contributed by atoms with E-state index in [4.69, 9.17) is 0 Å². The van der Waals surface area contributed by atoms with E-state index >= 15 is 0 Å². The predicted molar refractivity (Wildman–Crippen MR) is 44.1 cm³/mol. The fourth-order valence-corrected chi connectivity index (χ4v) is 2.13. The van der Waals surface area contributed by atoms with Gasteiger partial charge >= 0.3 is 65.9 Å². The molecule has 1 aromatic carbocycles. The Balaban J connectivity index is 3.25. The summed E-state index contributed by atoms with van der Waals surface area (Å²) in [5.74, 6) is 0. The number of aryl methyl sites for hydroxylation is 1. The molecular formula is C8H11Ga. The van der Waals surface area contributed by atoms with Gasteiger partial charge in [-0.2, -0.15) is 0 Å². The molecule has 1 aromatic rings. The van der Waals surface area contributed by atoms with Crippen molar-refractivity contribution in [3.8, 4) is 0 Å². The maximum absolute atomic E-state index is 2.22. The minimum absolute atomic E-state index is 0.836. The Labute approximate surface area is 66.2 Å². The van der Waals surface area contributed by atoms with Gasteiger partial charge in [-0.3, -0.25) is 0 Å². The van der Waals surface area contributed by atoms with Crippen molar-refractivity contribution >= 4 is 22.7 Å². The Bertz CT molecular complexity index is 196. The summed E-state index contributed by atoms with van der Waals surface area (Å²) in [4.78, 5) is 0. The van der Waals surface area contributed by atoms with Crippen molar-refractivity contribution in [1.82, 2.24) is 0 Å². The predicted octanol–water partition coefficient (Wildman–Crippen LogP) is 0.562. The normalized spacial score (nSPS) is 9.56. The third-order valence-electron chi connectivity index (χ3n) is 1.88. The Morgan fingerprint density at radius 2 is 1.89 bits per heavy atom. The first-order valence-electron chi connectivity index (χ1n) is 3.24. The molecular weight excluding hydrogens is 166 g/mol. The molecule has 0 saturated carbocycles. The summed E-state index contributed by atoms with van der Waals surface area (Å²) in [5.41, 5.74) is 2.93. The molecule has 0 heterocycles. The molecule has 0 fully saturated rings. The summed E-state index contributed by atoms with van der Waals surface area (Å²) in [7, 11) is 0. The molecule has 0 nitrogen and oxygen atoms in total. The summed E-state index contributed by atoms with van der Waals surface area (Å²) < 4.78 is 1.57. The molecule has 0 N–H and O–H groups in total. The number of hydrogen-bond donors (Lipinski definition) is 0. The molecule has 0 saturated heterocycles. The first-order chi connectivity index (χ1) is 4.22. The molecule has 9 heavy (non-hydrogen) atoms. The van der Waals surface area contributed by atoms with Crippen LogP contribution in [0.2, 0.25) is 0 Å². The molecule has 0 aromatic heterocycles. The number of benzene rings is 1. The average molecular weight is 177 g/mol. The second-order valence-corrected chi connectivity index (χ2v) is 4.78. The molecule has 0 amide bonds. The second kappa shape index (κ2) is 2.63. The van der Waals surface area contributed by atoms with Gasteiger partial charge in [-0.1, -0.05) is 0 Å². The van der Waals surface area contributed by atoms with E-state index in [-0.39, 0.29) is 0 Å². The molecule has 0 aliphatic heterocycles. The molecule has 1 heteroatoms. The SMILES string of the molecule is Cc1ccc[c]([GaH2])c1C. The van der Waals surface area contributed by atoms with Crippen LogP contribution in [0.1, 0.15) is 11.1 Å². The number of rotatable bonds is 0. The monoisotopic (exact) mass is 176 g/mol. The second-order valence-electron chi connectivity index (χ2n) is 2.52. The van der Waals surface area contributed by atoms with Crippen LogP contribution in [0, 0.1) is 13.8 Å². The molecule has 0 unspecified atom stereocenters. The van der Waals surface area contributed by atoms with Gasteiger partial charge < -0.3 is 0 Å². The topological polar surface area (TPSA) is 0 Å². The van der Waals surface area contributed by atoms with Gasteiger partial charge in [0.05, 0.1) is 0 Å². The molecule has 0 radical (unpaired) electrons. The molecule has 1 rings (SSSR count). The van der Waals surface area contributed by atoms with Crippen molar-refractivity contribution in [2.24, 2.45) is 0 Å². The Hall–Kier alpha value is -0.144. The summed E-state index contributed by atoms with van der Waals surface area (Å²) in [6.07, 6.45) is 0. The molecule has 0 bridgehead atoms. The van der Waals surface area contributed by atoms with Crippen LogP contribution in [0.3, 0.4) is 0 Å². The van der Waals surface area contributed by atoms with E-state index < -0.39 is 0 Å². The van der Waals surface area contributed by atoms with Crippen LogP contribution >= 0.6 is 0 Å². The van der Waals surface area contributed by atoms with E-state index in [0.29, 0.717) is 0 Å². The summed E-state index contributed by atoms with van der Waals surface area (Å²) >= 11 is 0.836. The molecule has 0 aliphatic carbocycles. The zero-order valence-corrected chi connectivity index (χ0v) is 10.4. The van der Waals surface area contributed by atoms with Crippen LogP contribution in [0.15, 0.2) is 18.2 Å². The van der Waals surface area contributed by atoms with Crippen LogP contribution in [-0.2, 0) is 0 Å². The first kappa shape index (κ1) is 6.97. The maximum atomic E-state index is 2.22. The van der Waals surface area contributed by atoms with Gasteiger partial charge in [-0.15, -0.1) is 0 Å². The van der Waals surface area contributed by atoms with E-state index in [0.717, 1.165) is 18.6 Å². The van der Waals surface area contributed by atoms with E-state index in [1.807, 2.05) is 0 Å². The minimum atomic E-state index is 0.836. The molecule has 0 spiro atoms. The van der Waals surface area contributed by atoms with Crippen LogP contribution < -0.4 is 4.12 Å². The van der Waals surface area contributed by atoms with Gasteiger partial charge in [0.25, 0.3) is 0 Å². The Kier molecular flexibility index (Phi) is 2.03. The fourth-order valence-electron chi connectivity index (χ4n) is 0.898. The first-order valence-corrected chi connectivity index (χ1v) is 5.34. The number of hydrogen-bond acceptors (Lipinski definition) is 0. The van der Waals surface area contributed by atoms with Gasteiger partial charge in [-0.25, -0.2) is 0 Å². The summed E-state index contributed by atoms with van der Waals surface area (Å²) in [6, 6.07) is 6.54. The zero-order valence-electron chi connectivity index (χ0n) is 6.23. The van der Waals surface area contributed by atoms with Gasteiger partial charge in [0.15, 0.2) is 0 Å². The molecule has 0 atom stereocenters. The fraction of sp³-hybridized carbons (Fsp3) is 0.250. The third-order valence-corrected chi connectivity index (χ3v) is 4.15. The quantitative estimate of drug-likeness (QED) is 0.508. The van der Waals surface area contributed by atoms with Crippen molar-refractivity contribution in [2.75, 3.05) is 0 Å². The zero-order chi connectivity index (χ0) is 6.85. The third kappa shape index (κ3) is 1.40. The van der Waals surface area contributed by atoms with Crippen molar-refractivity contribution < 1.29 is 0 Å². The molecule has 46 valence electrons.